The number of hydrogen-bond donors (Lipinski definition) is 1. The first-order valence-corrected chi connectivity index (χ1v) is 10.7. The molecule has 1 aliphatic heterocycles. The van der Waals surface area contributed by atoms with Crippen LogP contribution in [0.25, 0.3) is 0 Å². The Labute approximate surface area is 183 Å². The normalized spacial score (nSPS) is 17.8. The fraction of sp³-hybridized carbons (Fsp3) is 0.667. The van der Waals surface area contributed by atoms with E-state index in [9.17, 15) is 4.79 Å². The Morgan fingerprint density at radius 1 is 1.24 bits per heavy atom. The minimum atomic E-state index is -0.490. The summed E-state index contributed by atoms with van der Waals surface area (Å²) in [4.78, 5) is 14.4. The van der Waals surface area contributed by atoms with E-state index in [0.717, 1.165) is 44.5 Å². The number of halogens is 2. The summed E-state index contributed by atoms with van der Waals surface area (Å²) in [5.41, 5.74) is 0.567. The van der Waals surface area contributed by atoms with Crippen molar-refractivity contribution in [2.75, 3.05) is 40.0 Å². The number of methoxy groups -OCH3 is 1. The van der Waals surface area contributed by atoms with E-state index in [4.69, 9.17) is 37.4 Å². The van der Waals surface area contributed by atoms with Gasteiger partial charge in [-0.1, -0.05) is 23.2 Å². The lowest BCUT2D eigenvalue weighted by Crippen LogP contribution is -2.49. The Morgan fingerprint density at radius 2 is 1.93 bits per heavy atom. The molecule has 1 aliphatic rings. The molecule has 0 spiro atoms. The van der Waals surface area contributed by atoms with Crippen LogP contribution in [0.2, 0.25) is 10.0 Å². The van der Waals surface area contributed by atoms with Gasteiger partial charge in [0.2, 0.25) is 0 Å². The van der Waals surface area contributed by atoms with Crippen molar-refractivity contribution in [2.45, 2.75) is 51.7 Å². The maximum atomic E-state index is 12.0. The molecule has 1 aromatic carbocycles. The number of nitrogens with zero attached hydrogens (tertiary/aromatic N) is 1. The number of rotatable bonds is 8. The van der Waals surface area contributed by atoms with Crippen LogP contribution in [0.4, 0.5) is 4.79 Å². The Hall–Kier alpha value is -1.21. The van der Waals surface area contributed by atoms with E-state index in [2.05, 4.69) is 10.2 Å². The molecule has 1 heterocycles. The Morgan fingerprint density at radius 3 is 2.55 bits per heavy atom. The van der Waals surface area contributed by atoms with Crippen LogP contribution in [-0.2, 0) is 15.9 Å². The summed E-state index contributed by atoms with van der Waals surface area (Å²) in [5.74, 6) is 0.494. The summed E-state index contributed by atoms with van der Waals surface area (Å²) in [6.07, 6.45) is 2.46. The van der Waals surface area contributed by atoms with Crippen molar-refractivity contribution in [3.63, 3.8) is 0 Å². The maximum absolute atomic E-state index is 12.0. The zero-order valence-corrected chi connectivity index (χ0v) is 19.2. The summed E-state index contributed by atoms with van der Waals surface area (Å²) in [6.45, 7) is 9.14. The summed E-state index contributed by atoms with van der Waals surface area (Å²) >= 11 is 12.7. The zero-order valence-electron chi connectivity index (χ0n) is 17.7. The van der Waals surface area contributed by atoms with Crippen LogP contribution in [0, 0.1) is 0 Å². The lowest BCUT2D eigenvalue weighted by molar-refractivity contribution is 0.0472. The first kappa shape index (κ1) is 24.1. The third-order valence-corrected chi connectivity index (χ3v) is 5.10. The van der Waals surface area contributed by atoms with E-state index in [-0.39, 0.29) is 12.1 Å². The van der Waals surface area contributed by atoms with Gasteiger partial charge in [-0.25, -0.2) is 4.79 Å². The zero-order chi connectivity index (χ0) is 21.4. The number of likely N-dealkylation sites (tertiary alicyclic amines) is 1. The smallest absolute Gasteiger partial charge is 0.407 e. The van der Waals surface area contributed by atoms with Gasteiger partial charge in [0.1, 0.15) is 12.2 Å². The number of benzene rings is 1. The van der Waals surface area contributed by atoms with Gasteiger partial charge < -0.3 is 24.4 Å². The molecule has 1 fully saturated rings. The number of carbonyl (C=O) groups is 1. The van der Waals surface area contributed by atoms with Gasteiger partial charge in [-0.05, 0) is 64.3 Å². The van der Waals surface area contributed by atoms with E-state index in [1.807, 2.05) is 32.9 Å². The second-order valence-electron chi connectivity index (χ2n) is 8.27. The number of ether oxygens (including phenoxy) is 3. The highest BCUT2D eigenvalue weighted by Crippen LogP contribution is 2.34. The quantitative estimate of drug-likeness (QED) is 0.593. The molecular formula is C21H32Cl2N2O4. The summed E-state index contributed by atoms with van der Waals surface area (Å²) in [6, 6.07) is 3.90. The second-order valence-corrected chi connectivity index (χ2v) is 9.08. The van der Waals surface area contributed by atoms with Crippen LogP contribution in [-0.4, -0.2) is 62.6 Å². The topological polar surface area (TPSA) is 60.0 Å². The fourth-order valence-corrected chi connectivity index (χ4v) is 3.90. The van der Waals surface area contributed by atoms with E-state index in [0.29, 0.717) is 29.0 Å². The predicted molar refractivity (Wildman–Crippen MR) is 116 cm³/mol. The van der Waals surface area contributed by atoms with E-state index < -0.39 is 5.60 Å². The summed E-state index contributed by atoms with van der Waals surface area (Å²) in [7, 11) is 1.61. The van der Waals surface area contributed by atoms with Gasteiger partial charge >= 0.3 is 6.09 Å². The molecular weight excluding hydrogens is 415 g/mol. The third-order valence-electron chi connectivity index (χ3n) is 4.54. The lowest BCUT2D eigenvalue weighted by Gasteiger charge is -2.33. The van der Waals surface area contributed by atoms with Gasteiger partial charge in [0.25, 0.3) is 0 Å². The van der Waals surface area contributed by atoms with Crippen LogP contribution in [0.1, 0.15) is 39.2 Å². The fourth-order valence-electron chi connectivity index (χ4n) is 3.26. The highest BCUT2D eigenvalue weighted by Gasteiger charge is 2.24. The first-order chi connectivity index (χ1) is 13.7. The van der Waals surface area contributed by atoms with Crippen LogP contribution in [0.15, 0.2) is 12.1 Å². The van der Waals surface area contributed by atoms with Crippen molar-refractivity contribution < 1.29 is 19.0 Å². The number of hydrogen-bond acceptors (Lipinski definition) is 5. The maximum Gasteiger partial charge on any atom is 0.407 e. The molecule has 1 amide bonds. The molecule has 0 aromatic heterocycles. The van der Waals surface area contributed by atoms with Crippen LogP contribution in [0.5, 0.6) is 5.75 Å². The van der Waals surface area contributed by atoms with Crippen molar-refractivity contribution in [1.29, 1.82) is 0 Å². The molecule has 29 heavy (non-hydrogen) atoms. The van der Waals surface area contributed by atoms with E-state index in [1.54, 1.807) is 7.11 Å². The molecule has 1 aromatic rings. The Balaban J connectivity index is 1.85. The molecule has 0 unspecified atom stereocenters. The molecule has 1 saturated heterocycles. The number of piperidine rings is 1. The van der Waals surface area contributed by atoms with Gasteiger partial charge in [0, 0.05) is 26.2 Å². The number of carbonyl (C=O) groups excluding carboxylic acids is 1. The van der Waals surface area contributed by atoms with Crippen molar-refractivity contribution in [3.8, 4) is 5.75 Å². The van der Waals surface area contributed by atoms with Gasteiger partial charge in [0.15, 0.2) is 5.75 Å². The SMILES string of the molecule is COCCOc1c(Cl)cc(CCN2CCC[C@H](NC(=O)OC(C)(C)C)C2)cc1Cl. The monoisotopic (exact) mass is 446 g/mol. The van der Waals surface area contributed by atoms with E-state index >= 15 is 0 Å². The van der Waals surface area contributed by atoms with Crippen LogP contribution < -0.4 is 10.1 Å². The Bertz CT molecular complexity index is 656. The average molecular weight is 447 g/mol. The van der Waals surface area contributed by atoms with Crippen LogP contribution >= 0.6 is 23.2 Å². The molecule has 0 radical (unpaired) electrons. The van der Waals surface area contributed by atoms with Gasteiger partial charge in [-0.2, -0.15) is 0 Å². The van der Waals surface area contributed by atoms with Crippen molar-refractivity contribution >= 4 is 29.3 Å². The largest absolute Gasteiger partial charge is 0.488 e. The molecule has 2 rings (SSSR count). The molecule has 6 nitrogen and oxygen atoms in total. The molecule has 0 saturated carbocycles. The van der Waals surface area contributed by atoms with Crippen molar-refractivity contribution in [1.82, 2.24) is 10.2 Å². The van der Waals surface area contributed by atoms with Crippen molar-refractivity contribution in [2.24, 2.45) is 0 Å². The number of alkyl carbamates (subject to hydrolysis) is 1. The van der Waals surface area contributed by atoms with Crippen molar-refractivity contribution in [3.05, 3.63) is 27.7 Å². The molecule has 8 heteroatoms. The molecule has 1 atom stereocenters. The summed E-state index contributed by atoms with van der Waals surface area (Å²) < 4.78 is 15.9. The first-order valence-electron chi connectivity index (χ1n) is 9.99. The molecule has 0 aliphatic carbocycles. The number of amides is 1. The Kier molecular flexibility index (Phi) is 9.34. The van der Waals surface area contributed by atoms with Crippen LogP contribution in [0.3, 0.4) is 0 Å². The lowest BCUT2D eigenvalue weighted by atomic mass is 10.0. The highest BCUT2D eigenvalue weighted by molar-refractivity contribution is 6.37. The average Bonchev–Trinajstić information content (AvgIpc) is 2.61. The predicted octanol–water partition coefficient (Wildman–Crippen LogP) is 4.55. The third kappa shape index (κ3) is 8.59. The second kappa shape index (κ2) is 11.3. The van der Waals surface area contributed by atoms with E-state index in [1.165, 1.54) is 0 Å². The summed E-state index contributed by atoms with van der Waals surface area (Å²) in [5, 5.41) is 3.99. The molecule has 1 N–H and O–H groups in total. The molecule has 0 bridgehead atoms. The van der Waals surface area contributed by atoms with Gasteiger partial charge in [-0.15, -0.1) is 0 Å². The number of nitrogens with one attached hydrogen (secondary N) is 1. The highest BCUT2D eigenvalue weighted by atomic mass is 35.5. The van der Waals surface area contributed by atoms with Gasteiger partial charge in [0.05, 0.1) is 16.7 Å². The minimum Gasteiger partial charge on any atom is -0.488 e. The van der Waals surface area contributed by atoms with Gasteiger partial charge in [-0.3, -0.25) is 0 Å². The minimum absolute atomic E-state index is 0.0994. The standard InChI is InChI=1S/C21H32Cl2N2O4/c1-21(2,3)29-20(26)24-16-6-5-8-25(14-16)9-7-15-12-17(22)19(18(23)13-15)28-11-10-27-4/h12-13,16H,5-11,14H2,1-4H3,(H,24,26)/t16-/m0/s1. The molecule has 164 valence electrons.